The first kappa shape index (κ1) is 20.6. The molecule has 0 saturated carbocycles. The molecule has 3 aromatic rings. The van der Waals surface area contributed by atoms with Gasteiger partial charge >= 0.3 is 6.03 Å². The van der Waals surface area contributed by atoms with Crippen LogP contribution in [-0.4, -0.2) is 56.9 Å². The molecule has 2 aliphatic heterocycles. The molecule has 0 spiro atoms. The van der Waals surface area contributed by atoms with Crippen molar-refractivity contribution in [3.05, 3.63) is 71.5 Å². The fourth-order valence-electron chi connectivity index (χ4n) is 4.25. The molecule has 0 bridgehead atoms. The summed E-state index contributed by atoms with van der Waals surface area (Å²) in [6.07, 6.45) is 1.54. The van der Waals surface area contributed by atoms with Gasteiger partial charge < -0.3 is 19.4 Å². The molecular weight excluding hydrogens is 430 g/mol. The van der Waals surface area contributed by atoms with Crippen molar-refractivity contribution in [2.45, 2.75) is 11.4 Å². The molecule has 2 aromatic carbocycles. The van der Waals surface area contributed by atoms with Crippen LogP contribution < -0.4 is 10.1 Å². The zero-order valence-corrected chi connectivity index (χ0v) is 18.4. The first-order chi connectivity index (χ1) is 15.5. The van der Waals surface area contributed by atoms with Gasteiger partial charge in [-0.15, -0.1) is 0 Å². The molecule has 2 amide bonds. The zero-order chi connectivity index (χ0) is 22.3. The minimum atomic E-state index is -3.62. The number of para-hydroxylation sites is 1. The smallest absolute Gasteiger partial charge is 0.318 e. The van der Waals surface area contributed by atoms with E-state index in [1.165, 1.54) is 4.31 Å². The molecule has 9 heteroatoms. The molecule has 0 aliphatic carbocycles. The topological polar surface area (TPSA) is 92.1 Å². The first-order valence-corrected chi connectivity index (χ1v) is 11.7. The highest BCUT2D eigenvalue weighted by molar-refractivity contribution is 7.89. The third kappa shape index (κ3) is 3.63. The number of benzene rings is 2. The van der Waals surface area contributed by atoms with Gasteiger partial charge in [-0.05, 0) is 41.5 Å². The van der Waals surface area contributed by atoms with Crippen molar-refractivity contribution < 1.29 is 22.4 Å². The number of nitrogens with zero attached hydrogens (tertiary/aromatic N) is 2. The van der Waals surface area contributed by atoms with E-state index in [1.54, 1.807) is 42.5 Å². The number of carbonyl (C=O) groups excluding carboxylic acids is 1. The molecule has 3 heterocycles. The fraction of sp³-hybridized carbons (Fsp3) is 0.261. The van der Waals surface area contributed by atoms with Gasteiger partial charge in [-0.1, -0.05) is 18.2 Å². The maximum absolute atomic E-state index is 13.1. The number of rotatable bonds is 5. The summed E-state index contributed by atoms with van der Waals surface area (Å²) in [5.41, 5.74) is 3.53. The van der Waals surface area contributed by atoms with Crippen molar-refractivity contribution in [1.29, 1.82) is 0 Å². The molecule has 1 N–H and O–H groups in total. The van der Waals surface area contributed by atoms with Crippen LogP contribution in [0, 0.1) is 0 Å². The molecule has 0 radical (unpaired) electrons. The number of nitrogens with one attached hydrogen (secondary N) is 1. The lowest BCUT2D eigenvalue weighted by Gasteiger charge is -2.23. The van der Waals surface area contributed by atoms with Crippen LogP contribution in [0.5, 0.6) is 5.75 Å². The molecule has 0 unspecified atom stereocenters. The Balaban J connectivity index is 1.21. The van der Waals surface area contributed by atoms with Gasteiger partial charge in [0.15, 0.2) is 0 Å². The molecule has 166 valence electrons. The van der Waals surface area contributed by atoms with Gasteiger partial charge in [0.1, 0.15) is 11.3 Å². The number of fused-ring (bicyclic) bond motifs is 1. The normalized spacial score (nSPS) is 16.6. The lowest BCUT2D eigenvalue weighted by atomic mass is 10.2. The molecule has 1 aromatic heterocycles. The quantitative estimate of drug-likeness (QED) is 0.600. The second-order valence-electron chi connectivity index (χ2n) is 7.93. The lowest BCUT2D eigenvalue weighted by Crippen LogP contribution is -2.41. The van der Waals surface area contributed by atoms with Crippen molar-refractivity contribution in [1.82, 2.24) is 14.5 Å². The second-order valence-corrected chi connectivity index (χ2v) is 9.86. The van der Waals surface area contributed by atoms with E-state index in [-0.39, 0.29) is 10.9 Å². The van der Waals surface area contributed by atoms with Crippen molar-refractivity contribution in [3.63, 3.8) is 0 Å². The minimum absolute atomic E-state index is 0.176. The van der Waals surface area contributed by atoms with Gasteiger partial charge in [-0.25, -0.2) is 13.2 Å². The highest BCUT2D eigenvalue weighted by atomic mass is 32.2. The van der Waals surface area contributed by atoms with E-state index in [2.05, 4.69) is 5.32 Å². The van der Waals surface area contributed by atoms with Crippen LogP contribution in [0.3, 0.4) is 0 Å². The molecule has 5 rings (SSSR count). The van der Waals surface area contributed by atoms with E-state index < -0.39 is 10.0 Å². The van der Waals surface area contributed by atoms with E-state index in [1.807, 2.05) is 24.3 Å². The minimum Gasteiger partial charge on any atom is -0.496 e. The summed E-state index contributed by atoms with van der Waals surface area (Å²) in [4.78, 5) is 14.6. The maximum atomic E-state index is 13.1. The van der Waals surface area contributed by atoms with Gasteiger partial charge in [-0.2, -0.15) is 4.31 Å². The largest absolute Gasteiger partial charge is 0.496 e. The van der Waals surface area contributed by atoms with Gasteiger partial charge in [0, 0.05) is 43.7 Å². The Bertz CT molecular complexity index is 1310. The second kappa shape index (κ2) is 7.99. The van der Waals surface area contributed by atoms with Crippen molar-refractivity contribution in [2.24, 2.45) is 0 Å². The van der Waals surface area contributed by atoms with E-state index >= 15 is 0 Å². The number of ether oxygens (including phenoxy) is 1. The summed E-state index contributed by atoms with van der Waals surface area (Å²) in [5, 5.41) is 3.68. The average Bonchev–Trinajstić information content (AvgIpc) is 3.51. The number of furan rings is 1. The molecule has 0 atom stereocenters. The summed E-state index contributed by atoms with van der Waals surface area (Å²) in [6.45, 7) is 1.83. The third-order valence-electron chi connectivity index (χ3n) is 5.97. The summed E-state index contributed by atoms with van der Waals surface area (Å²) in [6, 6.07) is 14.0. The van der Waals surface area contributed by atoms with Crippen LogP contribution in [0.1, 0.15) is 5.56 Å². The summed E-state index contributed by atoms with van der Waals surface area (Å²) < 4.78 is 38.4. The van der Waals surface area contributed by atoms with E-state index in [4.69, 9.17) is 9.15 Å². The Hall–Kier alpha value is -3.30. The van der Waals surface area contributed by atoms with E-state index in [0.29, 0.717) is 38.3 Å². The SMILES string of the molecule is COc1ccccc1CNC(=O)N1CC2=C(C1)CN(S(=O)(=O)c1ccc3occc3c1)C2. The van der Waals surface area contributed by atoms with Gasteiger partial charge in [0.05, 0.1) is 18.3 Å². The van der Waals surface area contributed by atoms with Crippen molar-refractivity contribution in [2.75, 3.05) is 33.3 Å². The van der Waals surface area contributed by atoms with Crippen LogP contribution in [0.4, 0.5) is 4.79 Å². The summed E-state index contributed by atoms with van der Waals surface area (Å²) >= 11 is 0. The Labute approximate surface area is 186 Å². The average molecular weight is 454 g/mol. The van der Waals surface area contributed by atoms with Crippen LogP contribution in [0.15, 0.2) is 75.3 Å². The summed E-state index contributed by atoms with van der Waals surface area (Å²) in [5.74, 6) is 0.726. The Morgan fingerprint density at radius 2 is 1.81 bits per heavy atom. The van der Waals surface area contributed by atoms with Crippen LogP contribution in [0.25, 0.3) is 11.0 Å². The van der Waals surface area contributed by atoms with Crippen LogP contribution in [-0.2, 0) is 16.6 Å². The number of methoxy groups -OCH3 is 1. The highest BCUT2D eigenvalue weighted by Gasteiger charge is 2.37. The highest BCUT2D eigenvalue weighted by Crippen LogP contribution is 2.31. The number of carbonyl (C=O) groups is 1. The summed E-state index contributed by atoms with van der Waals surface area (Å²) in [7, 11) is -2.02. The number of hydrogen-bond acceptors (Lipinski definition) is 5. The molecule has 0 fully saturated rings. The maximum Gasteiger partial charge on any atom is 0.318 e. The van der Waals surface area contributed by atoms with Crippen molar-refractivity contribution in [3.8, 4) is 5.75 Å². The zero-order valence-electron chi connectivity index (χ0n) is 17.6. The van der Waals surface area contributed by atoms with Crippen LogP contribution in [0.2, 0.25) is 0 Å². The number of amides is 2. The molecule has 2 aliphatic rings. The Morgan fingerprint density at radius 3 is 2.56 bits per heavy atom. The van der Waals surface area contributed by atoms with Gasteiger partial charge in [0.25, 0.3) is 0 Å². The predicted octanol–water partition coefficient (Wildman–Crippen LogP) is 2.97. The van der Waals surface area contributed by atoms with Gasteiger partial charge in [0.2, 0.25) is 10.0 Å². The fourth-order valence-corrected chi connectivity index (χ4v) is 5.71. The number of urea groups is 1. The predicted molar refractivity (Wildman–Crippen MR) is 119 cm³/mol. The van der Waals surface area contributed by atoms with E-state index in [9.17, 15) is 13.2 Å². The third-order valence-corrected chi connectivity index (χ3v) is 7.76. The van der Waals surface area contributed by atoms with Gasteiger partial charge in [-0.3, -0.25) is 0 Å². The van der Waals surface area contributed by atoms with E-state index in [0.717, 1.165) is 27.8 Å². The number of sulfonamides is 1. The standard InChI is InChI=1S/C23H23N3O5S/c1-30-21-5-3-2-4-17(21)11-24-23(27)25-12-18-14-26(15-19(18)13-25)32(28,29)20-6-7-22-16(10-20)8-9-31-22/h2-10H,11-15H2,1H3,(H,24,27). The first-order valence-electron chi connectivity index (χ1n) is 10.3. The number of hydrogen-bond donors (Lipinski definition) is 1. The molecule has 32 heavy (non-hydrogen) atoms. The molecule has 0 saturated heterocycles. The monoisotopic (exact) mass is 453 g/mol. The van der Waals surface area contributed by atoms with Crippen molar-refractivity contribution >= 4 is 27.0 Å². The molecular formula is C23H23N3O5S. The molecule has 8 nitrogen and oxygen atoms in total. The Kier molecular flexibility index (Phi) is 5.15. The lowest BCUT2D eigenvalue weighted by molar-refractivity contribution is 0.207. The Morgan fingerprint density at radius 1 is 1.06 bits per heavy atom. The van der Waals surface area contributed by atoms with Crippen LogP contribution >= 0.6 is 0 Å².